The number of hydrogen-bond acceptors (Lipinski definition) is 5. The third-order valence-electron chi connectivity index (χ3n) is 4.42. The molecular weight excluding hydrogens is 377 g/mol. The number of guanidine groups is 1. The van der Waals surface area contributed by atoms with Gasteiger partial charge in [0.05, 0.1) is 19.8 Å². The SMILES string of the molecule is CC(CNC(=NCC(=O)N(C)C)NCCN1CCOCC1)Oc1ccccc1F. The first-order valence-electron chi connectivity index (χ1n) is 9.89. The largest absolute Gasteiger partial charge is 0.486 e. The lowest BCUT2D eigenvalue weighted by atomic mass is 10.3. The van der Waals surface area contributed by atoms with Crippen LogP contribution in [0.15, 0.2) is 29.3 Å². The van der Waals surface area contributed by atoms with Gasteiger partial charge in [-0.1, -0.05) is 12.1 Å². The fourth-order valence-corrected chi connectivity index (χ4v) is 2.66. The number of morpholine rings is 1. The van der Waals surface area contributed by atoms with Gasteiger partial charge in [0.15, 0.2) is 17.5 Å². The maximum Gasteiger partial charge on any atom is 0.243 e. The zero-order valence-corrected chi connectivity index (χ0v) is 17.5. The van der Waals surface area contributed by atoms with Crippen LogP contribution in [-0.2, 0) is 9.53 Å². The molecule has 1 fully saturated rings. The van der Waals surface area contributed by atoms with Crippen LogP contribution in [0.4, 0.5) is 4.39 Å². The minimum Gasteiger partial charge on any atom is -0.486 e. The van der Waals surface area contributed by atoms with E-state index in [1.165, 1.54) is 11.0 Å². The second-order valence-corrected chi connectivity index (χ2v) is 7.07. The summed E-state index contributed by atoms with van der Waals surface area (Å²) < 4.78 is 24.7. The summed E-state index contributed by atoms with van der Waals surface area (Å²) in [4.78, 5) is 20.0. The summed E-state index contributed by atoms with van der Waals surface area (Å²) in [5.74, 6) is 0.254. The molecule has 2 N–H and O–H groups in total. The number of hydrogen-bond donors (Lipinski definition) is 2. The number of likely N-dealkylation sites (N-methyl/N-ethyl adjacent to an activating group) is 1. The molecule has 1 atom stereocenters. The molecule has 1 aliphatic heterocycles. The summed E-state index contributed by atoms with van der Waals surface area (Å²) in [5.41, 5.74) is 0. The summed E-state index contributed by atoms with van der Waals surface area (Å²) in [5, 5.41) is 6.42. The highest BCUT2D eigenvalue weighted by molar-refractivity contribution is 5.84. The number of aliphatic imine (C=N–C) groups is 1. The van der Waals surface area contributed by atoms with E-state index in [1.807, 2.05) is 6.92 Å². The average molecular weight is 410 g/mol. The number of amides is 1. The van der Waals surface area contributed by atoms with Crippen molar-refractivity contribution in [3.8, 4) is 5.75 Å². The number of ether oxygens (including phenoxy) is 2. The smallest absolute Gasteiger partial charge is 0.243 e. The standard InChI is InChI=1S/C20H32FN5O3/c1-16(29-18-7-5-4-6-17(18)21)14-23-20(24-15-19(27)25(2)3)22-8-9-26-10-12-28-13-11-26/h4-7,16H,8-15H2,1-3H3,(H2,22,23,24). The van der Waals surface area contributed by atoms with E-state index in [0.29, 0.717) is 19.0 Å². The second-order valence-electron chi connectivity index (χ2n) is 7.07. The van der Waals surface area contributed by atoms with Crippen LogP contribution in [0.2, 0.25) is 0 Å². The van der Waals surface area contributed by atoms with Crippen LogP contribution in [0.1, 0.15) is 6.92 Å². The summed E-state index contributed by atoms with van der Waals surface area (Å²) in [6, 6.07) is 6.31. The number of nitrogens with zero attached hydrogens (tertiary/aromatic N) is 3. The van der Waals surface area contributed by atoms with Gasteiger partial charge in [-0.25, -0.2) is 9.38 Å². The van der Waals surface area contributed by atoms with Crippen LogP contribution in [0.25, 0.3) is 0 Å². The van der Waals surface area contributed by atoms with E-state index < -0.39 is 5.82 Å². The molecule has 1 amide bonds. The van der Waals surface area contributed by atoms with Crippen molar-refractivity contribution in [2.24, 2.45) is 4.99 Å². The van der Waals surface area contributed by atoms with Gasteiger partial charge >= 0.3 is 0 Å². The van der Waals surface area contributed by atoms with Crippen molar-refractivity contribution in [2.45, 2.75) is 13.0 Å². The van der Waals surface area contributed by atoms with Crippen molar-refractivity contribution >= 4 is 11.9 Å². The number of carbonyl (C=O) groups excluding carboxylic acids is 1. The van der Waals surface area contributed by atoms with Crippen LogP contribution in [0.5, 0.6) is 5.75 Å². The Morgan fingerprint density at radius 3 is 2.72 bits per heavy atom. The Labute approximate surface area is 172 Å². The number of nitrogens with one attached hydrogen (secondary N) is 2. The third-order valence-corrected chi connectivity index (χ3v) is 4.42. The van der Waals surface area contributed by atoms with E-state index in [-0.39, 0.29) is 24.3 Å². The molecule has 1 saturated heterocycles. The molecule has 1 aliphatic rings. The minimum atomic E-state index is -0.395. The maximum atomic E-state index is 13.7. The van der Waals surface area contributed by atoms with E-state index >= 15 is 0 Å². The Bertz CT molecular complexity index is 665. The molecule has 1 heterocycles. The molecule has 2 rings (SSSR count). The van der Waals surface area contributed by atoms with Crippen molar-refractivity contribution < 1.29 is 18.7 Å². The highest BCUT2D eigenvalue weighted by Gasteiger charge is 2.12. The van der Waals surface area contributed by atoms with Gasteiger partial charge in [-0.15, -0.1) is 0 Å². The van der Waals surface area contributed by atoms with Crippen molar-refractivity contribution in [2.75, 3.05) is 66.6 Å². The van der Waals surface area contributed by atoms with E-state index in [4.69, 9.17) is 9.47 Å². The van der Waals surface area contributed by atoms with Gasteiger partial charge in [0, 0.05) is 40.3 Å². The first-order valence-corrected chi connectivity index (χ1v) is 9.89. The van der Waals surface area contributed by atoms with Gasteiger partial charge in [-0.2, -0.15) is 0 Å². The number of halogens is 1. The summed E-state index contributed by atoms with van der Waals surface area (Å²) in [7, 11) is 3.39. The topological polar surface area (TPSA) is 78.4 Å². The van der Waals surface area contributed by atoms with Gasteiger partial charge in [0.2, 0.25) is 5.91 Å². The zero-order valence-electron chi connectivity index (χ0n) is 17.5. The highest BCUT2D eigenvalue weighted by Crippen LogP contribution is 2.16. The van der Waals surface area contributed by atoms with E-state index in [0.717, 1.165) is 32.8 Å². The van der Waals surface area contributed by atoms with Crippen LogP contribution in [-0.4, -0.2) is 94.3 Å². The number of rotatable bonds is 9. The lowest BCUT2D eigenvalue weighted by Crippen LogP contribution is -2.46. The monoisotopic (exact) mass is 409 g/mol. The van der Waals surface area contributed by atoms with E-state index in [9.17, 15) is 9.18 Å². The molecule has 0 spiro atoms. The predicted molar refractivity (Wildman–Crippen MR) is 111 cm³/mol. The molecule has 0 saturated carbocycles. The maximum absolute atomic E-state index is 13.7. The Kier molecular flexibility index (Phi) is 9.66. The van der Waals surface area contributed by atoms with Crippen molar-refractivity contribution in [3.05, 3.63) is 30.1 Å². The molecule has 1 aromatic rings. The first-order chi connectivity index (χ1) is 14.0. The Hall–Kier alpha value is -2.39. The molecule has 1 unspecified atom stereocenters. The average Bonchev–Trinajstić information content (AvgIpc) is 2.71. The van der Waals surface area contributed by atoms with Gasteiger partial charge in [-0.05, 0) is 19.1 Å². The van der Waals surface area contributed by atoms with Crippen LogP contribution >= 0.6 is 0 Å². The first kappa shape index (κ1) is 22.9. The number of para-hydroxylation sites is 1. The normalized spacial score (nSPS) is 16.2. The fourth-order valence-electron chi connectivity index (χ4n) is 2.66. The van der Waals surface area contributed by atoms with Gasteiger partial charge in [-0.3, -0.25) is 9.69 Å². The molecule has 9 heteroatoms. The summed E-state index contributed by atoms with van der Waals surface area (Å²) in [6.07, 6.45) is -0.289. The molecule has 0 aromatic heterocycles. The number of benzene rings is 1. The zero-order chi connectivity index (χ0) is 21.1. The predicted octanol–water partition coefficient (Wildman–Crippen LogP) is 0.549. The van der Waals surface area contributed by atoms with Crippen LogP contribution in [0.3, 0.4) is 0 Å². The van der Waals surface area contributed by atoms with E-state index in [1.54, 1.807) is 32.3 Å². The lowest BCUT2D eigenvalue weighted by Gasteiger charge is -2.27. The summed E-state index contributed by atoms with van der Waals surface area (Å²) in [6.45, 7) is 7.16. The number of carbonyl (C=O) groups is 1. The summed E-state index contributed by atoms with van der Waals surface area (Å²) >= 11 is 0. The van der Waals surface area contributed by atoms with Crippen molar-refractivity contribution in [1.29, 1.82) is 0 Å². The molecule has 0 bridgehead atoms. The van der Waals surface area contributed by atoms with Crippen LogP contribution < -0.4 is 15.4 Å². The molecule has 29 heavy (non-hydrogen) atoms. The van der Waals surface area contributed by atoms with Gasteiger partial charge in [0.1, 0.15) is 12.6 Å². The van der Waals surface area contributed by atoms with Gasteiger partial charge < -0.3 is 25.0 Å². The lowest BCUT2D eigenvalue weighted by molar-refractivity contribution is -0.127. The van der Waals surface area contributed by atoms with Crippen LogP contribution in [0, 0.1) is 5.82 Å². The minimum absolute atomic E-state index is 0.0441. The molecule has 0 radical (unpaired) electrons. The molecule has 162 valence electrons. The second kappa shape index (κ2) is 12.2. The van der Waals surface area contributed by atoms with Crippen molar-refractivity contribution in [3.63, 3.8) is 0 Å². The third kappa shape index (κ3) is 8.66. The molecule has 1 aromatic carbocycles. The Morgan fingerprint density at radius 1 is 1.31 bits per heavy atom. The Morgan fingerprint density at radius 2 is 2.03 bits per heavy atom. The highest BCUT2D eigenvalue weighted by atomic mass is 19.1. The quantitative estimate of drug-likeness (QED) is 0.458. The van der Waals surface area contributed by atoms with Gasteiger partial charge in [0.25, 0.3) is 0 Å². The van der Waals surface area contributed by atoms with Crippen molar-refractivity contribution in [1.82, 2.24) is 20.4 Å². The fraction of sp³-hybridized carbons (Fsp3) is 0.600. The molecule has 0 aliphatic carbocycles. The van der Waals surface area contributed by atoms with E-state index in [2.05, 4.69) is 20.5 Å². The Balaban J connectivity index is 1.85. The molecule has 8 nitrogen and oxygen atoms in total. The molecular formula is C20H32FN5O3.